The zero-order chi connectivity index (χ0) is 10.3. The van der Waals surface area contributed by atoms with Gasteiger partial charge in [-0.15, -0.1) is 0 Å². The third kappa shape index (κ3) is 1.62. The minimum absolute atomic E-state index is 0.743. The van der Waals surface area contributed by atoms with Crippen LogP contribution in [-0.2, 0) is 19.3 Å². The Balaban J connectivity index is 2.07. The summed E-state index contributed by atoms with van der Waals surface area (Å²) < 4.78 is 0. The second-order valence-electron chi connectivity index (χ2n) is 5.05. The highest BCUT2D eigenvalue weighted by atomic mass is 14.2. The average Bonchev–Trinajstić information content (AvgIpc) is 2.61. The van der Waals surface area contributed by atoms with Crippen molar-refractivity contribution in [2.24, 2.45) is 5.92 Å². The monoisotopic (exact) mass is 198 g/mol. The Morgan fingerprint density at radius 3 is 2.67 bits per heavy atom. The normalized spacial score (nSPS) is 23.4. The van der Waals surface area contributed by atoms with Gasteiger partial charge in [0.05, 0.1) is 0 Å². The molecule has 0 radical (unpaired) electrons. The summed E-state index contributed by atoms with van der Waals surface area (Å²) in [6, 6.07) is 4.91. The molecule has 0 heterocycles. The molecule has 2 aliphatic carbocycles. The summed E-state index contributed by atoms with van der Waals surface area (Å²) in [7, 11) is 0. The van der Waals surface area contributed by atoms with Gasteiger partial charge in [0.25, 0.3) is 0 Å². The zero-order valence-corrected chi connectivity index (χ0v) is 9.42. The maximum atomic E-state index is 2.47. The van der Waals surface area contributed by atoms with Crippen LogP contribution in [-0.4, -0.2) is 0 Å². The van der Waals surface area contributed by atoms with Gasteiger partial charge in [0, 0.05) is 0 Å². The van der Waals surface area contributed by atoms with E-state index < -0.39 is 0 Å². The molecule has 0 saturated carbocycles. The van der Waals surface area contributed by atoms with E-state index in [0.717, 1.165) is 5.92 Å². The molecular weight excluding hydrogens is 180 g/mol. The number of hydrogen-bond acceptors (Lipinski definition) is 0. The Morgan fingerprint density at radius 2 is 1.80 bits per heavy atom. The van der Waals surface area contributed by atoms with Crippen LogP contribution in [0.5, 0.6) is 0 Å². The highest BCUT2D eigenvalue weighted by Gasteiger charge is 2.15. The number of rotatable bonds is 0. The van der Waals surface area contributed by atoms with Gasteiger partial charge in [0.2, 0.25) is 0 Å². The van der Waals surface area contributed by atoms with E-state index in [2.05, 4.69) is 31.2 Å². The van der Waals surface area contributed by atoms with Crippen molar-refractivity contribution in [1.29, 1.82) is 0 Å². The molecule has 0 fully saturated rings. The summed E-state index contributed by atoms with van der Waals surface area (Å²) in [4.78, 5) is 0. The molecule has 0 bridgehead atoms. The lowest BCUT2D eigenvalue weighted by molar-refractivity contribution is 0.654. The first-order valence-corrected chi connectivity index (χ1v) is 6.16. The molecule has 0 nitrogen and oxygen atoms in total. The molecule has 1 unspecified atom stereocenters. The van der Waals surface area contributed by atoms with Crippen LogP contribution in [0.3, 0.4) is 0 Å². The summed E-state index contributed by atoms with van der Waals surface area (Å²) in [5, 5.41) is 0. The van der Waals surface area contributed by atoms with Crippen molar-refractivity contribution >= 4 is 6.08 Å². The van der Waals surface area contributed by atoms with Crippen molar-refractivity contribution in [3.05, 3.63) is 40.5 Å². The van der Waals surface area contributed by atoms with Gasteiger partial charge >= 0.3 is 0 Å². The van der Waals surface area contributed by atoms with Crippen LogP contribution >= 0.6 is 0 Å². The Bertz CT molecular complexity index is 412. The predicted octanol–water partition coefficient (Wildman–Crippen LogP) is 3.77. The van der Waals surface area contributed by atoms with Crippen LogP contribution in [0.1, 0.15) is 42.0 Å². The SMILES string of the molecule is CC1C=Cc2cc3c(cc2CC1)CCC3. The fourth-order valence-corrected chi connectivity index (χ4v) is 2.81. The molecule has 78 valence electrons. The van der Waals surface area contributed by atoms with E-state index in [1.807, 2.05) is 0 Å². The van der Waals surface area contributed by atoms with Crippen LogP contribution in [0.25, 0.3) is 6.08 Å². The van der Waals surface area contributed by atoms with E-state index in [1.54, 1.807) is 16.7 Å². The van der Waals surface area contributed by atoms with Crippen molar-refractivity contribution in [3.8, 4) is 0 Å². The van der Waals surface area contributed by atoms with Crippen LogP contribution in [0.4, 0.5) is 0 Å². The van der Waals surface area contributed by atoms with Gasteiger partial charge in [-0.2, -0.15) is 0 Å². The van der Waals surface area contributed by atoms with Crippen molar-refractivity contribution < 1.29 is 0 Å². The van der Waals surface area contributed by atoms with Crippen LogP contribution in [0, 0.1) is 5.92 Å². The van der Waals surface area contributed by atoms with Gasteiger partial charge < -0.3 is 0 Å². The lowest BCUT2D eigenvalue weighted by Crippen LogP contribution is -1.94. The number of benzene rings is 1. The molecule has 3 rings (SSSR count). The molecule has 0 aromatic heterocycles. The summed E-state index contributed by atoms with van der Waals surface area (Å²) in [6.07, 6.45) is 11.2. The summed E-state index contributed by atoms with van der Waals surface area (Å²) in [5.41, 5.74) is 6.29. The summed E-state index contributed by atoms with van der Waals surface area (Å²) >= 11 is 0. The quantitative estimate of drug-likeness (QED) is 0.595. The number of aryl methyl sites for hydroxylation is 3. The fraction of sp³-hybridized carbons (Fsp3) is 0.467. The van der Waals surface area contributed by atoms with E-state index in [0.29, 0.717) is 0 Å². The fourth-order valence-electron chi connectivity index (χ4n) is 2.81. The molecule has 0 saturated heterocycles. The molecule has 0 spiro atoms. The highest BCUT2D eigenvalue weighted by Crippen LogP contribution is 2.29. The van der Waals surface area contributed by atoms with Crippen LogP contribution in [0.2, 0.25) is 0 Å². The van der Waals surface area contributed by atoms with E-state index >= 15 is 0 Å². The Hall–Kier alpha value is -1.04. The van der Waals surface area contributed by atoms with Gasteiger partial charge in [0.15, 0.2) is 0 Å². The van der Waals surface area contributed by atoms with E-state index in [9.17, 15) is 0 Å². The van der Waals surface area contributed by atoms with Gasteiger partial charge in [-0.3, -0.25) is 0 Å². The van der Waals surface area contributed by atoms with Gasteiger partial charge in [0.1, 0.15) is 0 Å². The first-order chi connectivity index (χ1) is 7.33. The van der Waals surface area contributed by atoms with Crippen molar-refractivity contribution in [1.82, 2.24) is 0 Å². The Morgan fingerprint density at radius 1 is 1.00 bits per heavy atom. The number of fused-ring (bicyclic) bond motifs is 2. The molecule has 0 heteroatoms. The molecule has 0 aliphatic heterocycles. The third-order valence-corrected chi connectivity index (χ3v) is 3.83. The highest BCUT2D eigenvalue weighted by molar-refractivity contribution is 5.58. The van der Waals surface area contributed by atoms with E-state index in [-0.39, 0.29) is 0 Å². The van der Waals surface area contributed by atoms with Crippen molar-refractivity contribution in [3.63, 3.8) is 0 Å². The standard InChI is InChI=1S/C15H18/c1-11-5-7-14-9-12-3-2-4-13(12)10-15(14)8-6-11/h5,7,9-11H,2-4,6,8H2,1H3. The number of hydrogen-bond donors (Lipinski definition) is 0. The van der Waals surface area contributed by atoms with Gasteiger partial charge in [-0.1, -0.05) is 31.2 Å². The molecule has 1 aromatic rings. The summed E-state index contributed by atoms with van der Waals surface area (Å²) in [6.45, 7) is 2.32. The van der Waals surface area contributed by atoms with Gasteiger partial charge in [-0.25, -0.2) is 0 Å². The predicted molar refractivity (Wildman–Crippen MR) is 65.0 cm³/mol. The first kappa shape index (κ1) is 9.21. The average molecular weight is 198 g/mol. The van der Waals surface area contributed by atoms with Crippen molar-refractivity contribution in [2.75, 3.05) is 0 Å². The zero-order valence-electron chi connectivity index (χ0n) is 9.42. The van der Waals surface area contributed by atoms with Crippen LogP contribution < -0.4 is 0 Å². The Labute approximate surface area is 92.0 Å². The third-order valence-electron chi connectivity index (χ3n) is 3.83. The molecule has 0 N–H and O–H groups in total. The van der Waals surface area contributed by atoms with Crippen molar-refractivity contribution in [2.45, 2.75) is 39.0 Å². The minimum Gasteiger partial charge on any atom is -0.0811 e. The molecule has 0 amide bonds. The van der Waals surface area contributed by atoms with Gasteiger partial charge in [-0.05, 0) is 60.3 Å². The molecule has 15 heavy (non-hydrogen) atoms. The van der Waals surface area contributed by atoms with E-state index in [1.165, 1.54) is 37.7 Å². The first-order valence-electron chi connectivity index (χ1n) is 6.16. The minimum atomic E-state index is 0.743. The smallest absolute Gasteiger partial charge is 0.0225 e. The molecule has 2 aliphatic rings. The lowest BCUT2D eigenvalue weighted by atomic mass is 9.97. The molecule has 1 aromatic carbocycles. The maximum Gasteiger partial charge on any atom is -0.0225 e. The largest absolute Gasteiger partial charge is 0.0811 e. The summed E-state index contributed by atoms with van der Waals surface area (Å²) in [5.74, 6) is 0.743. The lowest BCUT2D eigenvalue weighted by Gasteiger charge is -2.08. The number of allylic oxidation sites excluding steroid dienone is 1. The topological polar surface area (TPSA) is 0 Å². The Kier molecular flexibility index (Phi) is 2.16. The molecule has 1 atom stereocenters. The second-order valence-corrected chi connectivity index (χ2v) is 5.05. The maximum absolute atomic E-state index is 2.47. The van der Waals surface area contributed by atoms with E-state index in [4.69, 9.17) is 0 Å². The van der Waals surface area contributed by atoms with Crippen LogP contribution in [0.15, 0.2) is 18.2 Å². The molecular formula is C15H18. The second kappa shape index (κ2) is 3.52.